The highest BCUT2D eigenvalue weighted by atomic mass is 16.2. The van der Waals surface area contributed by atoms with Crippen molar-refractivity contribution in [3.8, 4) is 0 Å². The number of aromatic nitrogens is 2. The molecule has 0 bridgehead atoms. The number of benzene rings is 1. The predicted molar refractivity (Wildman–Crippen MR) is 87.2 cm³/mol. The second-order valence-electron chi connectivity index (χ2n) is 6.34. The zero-order chi connectivity index (χ0) is 15.8. The summed E-state index contributed by atoms with van der Waals surface area (Å²) in [6.45, 7) is 3.47. The molecule has 1 saturated heterocycles. The monoisotopic (exact) mass is 312 g/mol. The fraction of sp³-hybridized carbons (Fsp3) is 0.471. The van der Waals surface area contributed by atoms with Gasteiger partial charge in [-0.05, 0) is 25.0 Å². The van der Waals surface area contributed by atoms with Gasteiger partial charge in [-0.25, -0.2) is 4.98 Å². The summed E-state index contributed by atoms with van der Waals surface area (Å²) in [5.74, 6) is -0.000344. The lowest BCUT2D eigenvalue weighted by Gasteiger charge is -2.34. The topological polar surface area (TPSA) is 58.4 Å². The number of piperazine rings is 1. The normalized spacial score (nSPS) is 19.2. The van der Waals surface area contributed by atoms with Crippen LogP contribution in [0.1, 0.15) is 12.8 Å². The number of hydrogen-bond acceptors (Lipinski definition) is 4. The van der Waals surface area contributed by atoms with Crippen molar-refractivity contribution >= 4 is 16.8 Å². The Morgan fingerprint density at radius 3 is 2.61 bits per heavy atom. The summed E-state index contributed by atoms with van der Waals surface area (Å²) in [5, 5.41) is 0.557. The molecule has 0 atom stereocenters. The molecule has 1 aliphatic heterocycles. The Balaban J connectivity index is 1.46. The van der Waals surface area contributed by atoms with Crippen molar-refractivity contribution in [2.45, 2.75) is 25.4 Å². The van der Waals surface area contributed by atoms with Gasteiger partial charge < -0.3 is 4.90 Å². The Bertz CT molecular complexity index is 789. The lowest BCUT2D eigenvalue weighted by Crippen LogP contribution is -2.50. The van der Waals surface area contributed by atoms with Crippen molar-refractivity contribution < 1.29 is 4.79 Å². The van der Waals surface area contributed by atoms with Crippen LogP contribution < -0.4 is 5.56 Å². The van der Waals surface area contributed by atoms with Gasteiger partial charge in [0.2, 0.25) is 5.91 Å². The standard InChI is InChI=1S/C17H20N4O2/c22-16(20-9-7-19(8-10-20)13-5-6-13)11-21-12-18-15-4-2-1-3-14(15)17(21)23/h1-4,12-13H,5-11H2. The second kappa shape index (κ2) is 5.77. The van der Waals surface area contributed by atoms with E-state index in [1.54, 1.807) is 12.1 Å². The number of amides is 1. The second-order valence-corrected chi connectivity index (χ2v) is 6.34. The Kier molecular flexibility index (Phi) is 3.61. The fourth-order valence-electron chi connectivity index (χ4n) is 3.24. The Morgan fingerprint density at radius 1 is 1.13 bits per heavy atom. The largest absolute Gasteiger partial charge is 0.339 e. The molecule has 2 heterocycles. The summed E-state index contributed by atoms with van der Waals surface area (Å²) >= 11 is 0. The highest BCUT2D eigenvalue weighted by Gasteiger charge is 2.32. The minimum Gasteiger partial charge on any atom is -0.339 e. The van der Waals surface area contributed by atoms with Crippen molar-refractivity contribution in [1.29, 1.82) is 0 Å². The van der Waals surface area contributed by atoms with Crippen LogP contribution in [0.5, 0.6) is 0 Å². The minimum atomic E-state index is -0.152. The van der Waals surface area contributed by atoms with Gasteiger partial charge in [0, 0.05) is 32.2 Å². The number of carbonyl (C=O) groups excluding carboxylic acids is 1. The quantitative estimate of drug-likeness (QED) is 0.837. The van der Waals surface area contributed by atoms with Crippen LogP contribution in [0.3, 0.4) is 0 Å². The van der Waals surface area contributed by atoms with Crippen molar-refractivity contribution in [2.75, 3.05) is 26.2 Å². The fourth-order valence-corrected chi connectivity index (χ4v) is 3.24. The molecule has 1 saturated carbocycles. The van der Waals surface area contributed by atoms with Crippen molar-refractivity contribution in [3.63, 3.8) is 0 Å². The molecule has 0 N–H and O–H groups in total. The van der Waals surface area contributed by atoms with E-state index in [2.05, 4.69) is 9.88 Å². The van der Waals surface area contributed by atoms with Crippen LogP contribution in [0.4, 0.5) is 0 Å². The average molecular weight is 312 g/mol. The summed E-state index contributed by atoms with van der Waals surface area (Å²) in [6.07, 6.45) is 4.07. The van der Waals surface area contributed by atoms with Gasteiger partial charge >= 0.3 is 0 Å². The molecule has 2 aromatic rings. The molecule has 6 heteroatoms. The molecule has 1 aromatic carbocycles. The third kappa shape index (κ3) is 2.86. The van der Waals surface area contributed by atoms with E-state index in [0.29, 0.717) is 10.9 Å². The molecule has 6 nitrogen and oxygen atoms in total. The first-order valence-electron chi connectivity index (χ1n) is 8.18. The maximum absolute atomic E-state index is 12.5. The summed E-state index contributed by atoms with van der Waals surface area (Å²) < 4.78 is 1.41. The summed E-state index contributed by atoms with van der Waals surface area (Å²) in [5.41, 5.74) is 0.514. The van der Waals surface area contributed by atoms with Gasteiger partial charge in [-0.15, -0.1) is 0 Å². The highest BCUT2D eigenvalue weighted by Crippen LogP contribution is 2.27. The van der Waals surface area contributed by atoms with E-state index in [9.17, 15) is 9.59 Å². The van der Waals surface area contributed by atoms with Crippen molar-refractivity contribution in [3.05, 3.63) is 40.9 Å². The van der Waals surface area contributed by atoms with Gasteiger partial charge in [0.05, 0.1) is 17.2 Å². The molecule has 1 aliphatic carbocycles. The lowest BCUT2D eigenvalue weighted by atomic mass is 10.2. The van der Waals surface area contributed by atoms with Crippen molar-refractivity contribution in [2.24, 2.45) is 0 Å². The average Bonchev–Trinajstić information content (AvgIpc) is 3.43. The zero-order valence-corrected chi connectivity index (χ0v) is 13.0. The van der Waals surface area contributed by atoms with E-state index in [1.165, 1.54) is 23.7 Å². The first kappa shape index (κ1) is 14.4. The highest BCUT2D eigenvalue weighted by molar-refractivity contribution is 5.79. The first-order chi connectivity index (χ1) is 11.2. The molecule has 0 unspecified atom stereocenters. The van der Waals surface area contributed by atoms with Crippen molar-refractivity contribution in [1.82, 2.24) is 19.4 Å². The van der Waals surface area contributed by atoms with Crippen LogP contribution in [0.25, 0.3) is 10.9 Å². The molecule has 1 aromatic heterocycles. The van der Waals surface area contributed by atoms with Gasteiger partial charge in [0.15, 0.2) is 0 Å². The van der Waals surface area contributed by atoms with E-state index in [-0.39, 0.29) is 18.0 Å². The molecule has 0 spiro atoms. The molecule has 1 amide bonds. The molecule has 0 radical (unpaired) electrons. The molecular weight excluding hydrogens is 292 g/mol. The van der Waals surface area contributed by atoms with Crippen LogP contribution in [0.15, 0.2) is 35.4 Å². The minimum absolute atomic E-state index is 0.000344. The molecule has 2 fully saturated rings. The third-order valence-corrected chi connectivity index (χ3v) is 4.77. The van der Waals surface area contributed by atoms with E-state index in [0.717, 1.165) is 32.2 Å². The predicted octanol–water partition coefficient (Wildman–Crippen LogP) is 0.703. The van der Waals surface area contributed by atoms with Crippen LogP contribution in [0, 0.1) is 0 Å². The van der Waals surface area contributed by atoms with E-state index >= 15 is 0 Å². The number of hydrogen-bond donors (Lipinski definition) is 0. The van der Waals surface area contributed by atoms with Crippen LogP contribution >= 0.6 is 0 Å². The van der Waals surface area contributed by atoms with E-state index < -0.39 is 0 Å². The van der Waals surface area contributed by atoms with Crippen LogP contribution in [-0.2, 0) is 11.3 Å². The molecule has 4 rings (SSSR count). The van der Waals surface area contributed by atoms with E-state index in [1.807, 2.05) is 17.0 Å². The van der Waals surface area contributed by atoms with E-state index in [4.69, 9.17) is 0 Å². The van der Waals surface area contributed by atoms with Crippen LogP contribution in [0.2, 0.25) is 0 Å². The summed E-state index contributed by atoms with van der Waals surface area (Å²) in [7, 11) is 0. The van der Waals surface area contributed by atoms with Gasteiger partial charge in [-0.2, -0.15) is 0 Å². The first-order valence-corrected chi connectivity index (χ1v) is 8.18. The maximum atomic E-state index is 12.5. The number of fused-ring (bicyclic) bond motifs is 1. The number of para-hydroxylation sites is 1. The molecule has 120 valence electrons. The molecule has 2 aliphatic rings. The van der Waals surface area contributed by atoms with Gasteiger partial charge in [-0.1, -0.05) is 12.1 Å². The number of rotatable bonds is 3. The number of carbonyl (C=O) groups is 1. The van der Waals surface area contributed by atoms with Gasteiger partial charge in [0.25, 0.3) is 5.56 Å². The third-order valence-electron chi connectivity index (χ3n) is 4.77. The molecular formula is C17H20N4O2. The Hall–Kier alpha value is -2.21. The summed E-state index contributed by atoms with van der Waals surface area (Å²) in [6, 6.07) is 7.97. The van der Waals surface area contributed by atoms with Crippen LogP contribution in [-0.4, -0.2) is 57.5 Å². The zero-order valence-electron chi connectivity index (χ0n) is 13.0. The lowest BCUT2D eigenvalue weighted by molar-refractivity contribution is -0.133. The van der Waals surface area contributed by atoms with Gasteiger partial charge in [-0.3, -0.25) is 19.1 Å². The Morgan fingerprint density at radius 2 is 1.87 bits per heavy atom. The smallest absolute Gasteiger partial charge is 0.261 e. The Labute approximate surface area is 134 Å². The molecule has 23 heavy (non-hydrogen) atoms. The maximum Gasteiger partial charge on any atom is 0.261 e. The summed E-state index contributed by atoms with van der Waals surface area (Å²) in [4.78, 5) is 33.5. The SMILES string of the molecule is O=C(Cn1cnc2ccccc2c1=O)N1CCN(C2CC2)CC1. The van der Waals surface area contributed by atoms with Gasteiger partial charge in [0.1, 0.15) is 6.54 Å². The number of nitrogens with zero attached hydrogens (tertiary/aromatic N) is 4.